The van der Waals surface area contributed by atoms with Gasteiger partial charge in [-0.3, -0.25) is 0 Å². The Morgan fingerprint density at radius 2 is 2.14 bits per heavy atom. The first-order valence-electron chi connectivity index (χ1n) is 4.42. The molecule has 0 radical (unpaired) electrons. The van der Waals surface area contributed by atoms with Gasteiger partial charge >= 0.3 is 0 Å². The third-order valence-corrected chi connectivity index (χ3v) is 2.86. The number of hydrogen-bond acceptors (Lipinski definition) is 4. The summed E-state index contributed by atoms with van der Waals surface area (Å²) in [7, 11) is -2.03. The highest BCUT2D eigenvalue weighted by Crippen LogP contribution is 1.91. The van der Waals surface area contributed by atoms with E-state index < -0.39 is 16.3 Å². The van der Waals surface area contributed by atoms with Crippen molar-refractivity contribution in [3.63, 3.8) is 0 Å². The normalized spacial score (nSPS) is 14.2. The molecule has 14 heavy (non-hydrogen) atoms. The average molecular weight is 226 g/mol. The molecule has 86 valence electrons. The SMILES string of the molecule is CC[C@H](CO)NS(=O)(=O)NCCOC. The van der Waals surface area contributed by atoms with Crippen molar-refractivity contribution in [2.24, 2.45) is 0 Å². The molecule has 0 aromatic heterocycles. The van der Waals surface area contributed by atoms with E-state index in [9.17, 15) is 8.42 Å². The number of ether oxygens (including phenoxy) is 1. The van der Waals surface area contributed by atoms with Crippen LogP contribution in [0.3, 0.4) is 0 Å². The molecular weight excluding hydrogens is 208 g/mol. The maximum Gasteiger partial charge on any atom is 0.277 e. The number of methoxy groups -OCH3 is 1. The fourth-order valence-electron chi connectivity index (χ4n) is 0.789. The lowest BCUT2D eigenvalue weighted by Gasteiger charge is -2.14. The minimum Gasteiger partial charge on any atom is -0.395 e. The first-order chi connectivity index (χ1) is 6.55. The summed E-state index contributed by atoms with van der Waals surface area (Å²) in [5.74, 6) is 0. The van der Waals surface area contributed by atoms with Gasteiger partial charge in [0.05, 0.1) is 13.2 Å². The molecule has 3 N–H and O–H groups in total. The summed E-state index contributed by atoms with van der Waals surface area (Å²) in [5.41, 5.74) is 0. The summed E-state index contributed by atoms with van der Waals surface area (Å²) >= 11 is 0. The minimum absolute atomic E-state index is 0.207. The molecule has 0 aliphatic carbocycles. The average Bonchev–Trinajstić information content (AvgIpc) is 2.14. The molecule has 0 rings (SSSR count). The number of hydrogen-bond donors (Lipinski definition) is 3. The Morgan fingerprint density at radius 1 is 1.50 bits per heavy atom. The monoisotopic (exact) mass is 226 g/mol. The van der Waals surface area contributed by atoms with E-state index in [1.165, 1.54) is 7.11 Å². The number of rotatable bonds is 8. The molecule has 0 amide bonds. The molecule has 0 spiro atoms. The predicted octanol–water partition coefficient (Wildman–Crippen LogP) is -1.17. The van der Waals surface area contributed by atoms with Gasteiger partial charge in [-0.2, -0.15) is 17.9 Å². The second-order valence-corrected chi connectivity index (χ2v) is 4.33. The Kier molecular flexibility index (Phi) is 7.02. The van der Waals surface area contributed by atoms with Gasteiger partial charge in [0.25, 0.3) is 10.2 Å². The van der Waals surface area contributed by atoms with Crippen molar-refractivity contribution in [3.05, 3.63) is 0 Å². The second-order valence-electron chi connectivity index (χ2n) is 2.80. The zero-order valence-electron chi connectivity index (χ0n) is 8.49. The zero-order chi connectivity index (χ0) is 11.0. The van der Waals surface area contributed by atoms with Crippen LogP contribution in [0.15, 0.2) is 0 Å². The molecule has 1 atom stereocenters. The van der Waals surface area contributed by atoms with Gasteiger partial charge in [-0.25, -0.2) is 0 Å². The fraction of sp³-hybridized carbons (Fsp3) is 1.00. The molecule has 0 saturated carbocycles. The van der Waals surface area contributed by atoms with Crippen molar-refractivity contribution < 1.29 is 18.3 Å². The van der Waals surface area contributed by atoms with Gasteiger partial charge in [0.1, 0.15) is 0 Å². The van der Waals surface area contributed by atoms with Crippen molar-refractivity contribution in [3.8, 4) is 0 Å². The van der Waals surface area contributed by atoms with E-state index in [0.29, 0.717) is 13.0 Å². The lowest BCUT2D eigenvalue weighted by molar-refractivity contribution is 0.204. The predicted molar refractivity (Wildman–Crippen MR) is 53.1 cm³/mol. The summed E-state index contributed by atoms with van der Waals surface area (Å²) in [4.78, 5) is 0. The highest BCUT2D eigenvalue weighted by Gasteiger charge is 2.14. The van der Waals surface area contributed by atoms with Crippen LogP contribution >= 0.6 is 0 Å². The standard InChI is InChI=1S/C7H18N2O4S/c1-3-7(6-10)9-14(11,12)8-4-5-13-2/h7-10H,3-6H2,1-2H3/t7-/m1/s1. The van der Waals surface area contributed by atoms with Gasteiger partial charge in [-0.05, 0) is 6.42 Å². The van der Waals surface area contributed by atoms with Gasteiger partial charge in [-0.1, -0.05) is 6.92 Å². The Bertz CT molecular complexity index is 226. The summed E-state index contributed by atoms with van der Waals surface area (Å²) in [6, 6.07) is -0.435. The quantitative estimate of drug-likeness (QED) is 0.455. The third-order valence-electron chi connectivity index (χ3n) is 1.63. The summed E-state index contributed by atoms with van der Waals surface area (Å²) in [6.45, 7) is 2.12. The Balaban J connectivity index is 3.93. The maximum atomic E-state index is 11.2. The molecule has 6 nitrogen and oxygen atoms in total. The van der Waals surface area contributed by atoms with Gasteiger partial charge < -0.3 is 9.84 Å². The van der Waals surface area contributed by atoms with Crippen LogP contribution in [0.1, 0.15) is 13.3 Å². The van der Waals surface area contributed by atoms with Crippen LogP contribution in [0.4, 0.5) is 0 Å². The summed E-state index contributed by atoms with van der Waals surface area (Å²) < 4.78 is 31.8. The van der Waals surface area contributed by atoms with E-state index in [2.05, 4.69) is 9.44 Å². The third kappa shape index (κ3) is 6.28. The lowest BCUT2D eigenvalue weighted by atomic mass is 10.3. The number of nitrogens with one attached hydrogen (secondary N) is 2. The largest absolute Gasteiger partial charge is 0.395 e. The molecule has 0 fully saturated rings. The van der Waals surface area contributed by atoms with Crippen LogP contribution < -0.4 is 9.44 Å². The number of aliphatic hydroxyl groups is 1. The van der Waals surface area contributed by atoms with Crippen LogP contribution in [-0.2, 0) is 14.9 Å². The summed E-state index contributed by atoms with van der Waals surface area (Å²) in [5, 5.41) is 8.78. The fourth-order valence-corrected chi connectivity index (χ4v) is 1.90. The smallest absolute Gasteiger partial charge is 0.277 e. The van der Waals surface area contributed by atoms with E-state index in [-0.39, 0.29) is 13.2 Å². The Morgan fingerprint density at radius 3 is 2.57 bits per heavy atom. The van der Waals surface area contributed by atoms with Crippen LogP contribution in [0.25, 0.3) is 0 Å². The van der Waals surface area contributed by atoms with E-state index in [4.69, 9.17) is 9.84 Å². The maximum absolute atomic E-state index is 11.2. The van der Waals surface area contributed by atoms with Gasteiger partial charge in [0.15, 0.2) is 0 Å². The van der Waals surface area contributed by atoms with Crippen molar-refractivity contribution in [2.75, 3.05) is 26.9 Å². The first kappa shape index (κ1) is 13.8. The molecule has 0 aliphatic rings. The zero-order valence-corrected chi connectivity index (χ0v) is 9.30. The molecule has 0 unspecified atom stereocenters. The molecule has 0 saturated heterocycles. The van der Waals surface area contributed by atoms with E-state index in [1.807, 2.05) is 0 Å². The highest BCUT2D eigenvalue weighted by atomic mass is 32.2. The van der Waals surface area contributed by atoms with Crippen molar-refractivity contribution in [2.45, 2.75) is 19.4 Å². The minimum atomic E-state index is -3.52. The molecule has 0 aromatic rings. The Hall–Kier alpha value is -0.210. The first-order valence-corrected chi connectivity index (χ1v) is 5.90. The van der Waals surface area contributed by atoms with Crippen molar-refractivity contribution in [1.82, 2.24) is 9.44 Å². The molecule has 0 bridgehead atoms. The molecule has 0 aromatic carbocycles. The van der Waals surface area contributed by atoms with Crippen LogP contribution in [0.5, 0.6) is 0 Å². The highest BCUT2D eigenvalue weighted by molar-refractivity contribution is 7.87. The van der Waals surface area contributed by atoms with Crippen LogP contribution in [0.2, 0.25) is 0 Å². The van der Waals surface area contributed by atoms with E-state index >= 15 is 0 Å². The van der Waals surface area contributed by atoms with Crippen LogP contribution in [-0.4, -0.2) is 46.4 Å². The molecule has 0 heterocycles. The van der Waals surface area contributed by atoms with Gasteiger partial charge in [-0.15, -0.1) is 0 Å². The van der Waals surface area contributed by atoms with Gasteiger partial charge in [0, 0.05) is 19.7 Å². The molecule has 0 aliphatic heterocycles. The Labute approximate surface area is 84.8 Å². The molecular formula is C7H18N2O4S. The second kappa shape index (κ2) is 7.13. The van der Waals surface area contributed by atoms with Gasteiger partial charge in [0.2, 0.25) is 0 Å². The van der Waals surface area contributed by atoms with E-state index in [0.717, 1.165) is 0 Å². The number of aliphatic hydroxyl groups excluding tert-OH is 1. The molecule has 7 heteroatoms. The summed E-state index contributed by atoms with van der Waals surface area (Å²) in [6.07, 6.45) is 0.543. The van der Waals surface area contributed by atoms with Crippen molar-refractivity contribution >= 4 is 10.2 Å². The lowest BCUT2D eigenvalue weighted by Crippen LogP contribution is -2.44. The van der Waals surface area contributed by atoms with Crippen molar-refractivity contribution in [1.29, 1.82) is 0 Å². The van der Waals surface area contributed by atoms with Crippen LogP contribution in [0, 0.1) is 0 Å². The topological polar surface area (TPSA) is 87.7 Å². The van der Waals surface area contributed by atoms with E-state index in [1.54, 1.807) is 6.92 Å².